The molecule has 6 heteroatoms. The molecule has 1 saturated carbocycles. The number of nitrogens with one attached hydrogen (secondary N) is 3. The van der Waals surface area contributed by atoms with Crippen LogP contribution >= 0.6 is 12.2 Å². The molecule has 0 radical (unpaired) electrons. The summed E-state index contributed by atoms with van der Waals surface area (Å²) in [7, 11) is 0. The van der Waals surface area contributed by atoms with E-state index in [1.54, 1.807) is 12.1 Å². The van der Waals surface area contributed by atoms with Crippen molar-refractivity contribution in [3.63, 3.8) is 0 Å². The van der Waals surface area contributed by atoms with Gasteiger partial charge in [0.1, 0.15) is 0 Å². The third-order valence-corrected chi connectivity index (χ3v) is 6.05. The Morgan fingerprint density at radius 3 is 2.44 bits per heavy atom. The Kier molecular flexibility index (Phi) is 7.12. The maximum Gasteiger partial charge on any atom is 0.253 e. The van der Waals surface area contributed by atoms with Crippen molar-refractivity contribution in [2.45, 2.75) is 44.6 Å². The zero-order valence-electron chi connectivity index (χ0n) is 17.9. The number of benzene rings is 3. The van der Waals surface area contributed by atoms with Crippen LogP contribution in [0.25, 0.3) is 10.8 Å². The third-order valence-electron chi connectivity index (χ3n) is 5.84. The van der Waals surface area contributed by atoms with Gasteiger partial charge in [-0.05, 0) is 53.5 Å². The molecule has 5 nitrogen and oxygen atoms in total. The van der Waals surface area contributed by atoms with E-state index in [0.29, 0.717) is 11.3 Å². The topological polar surface area (TPSA) is 70.2 Å². The highest BCUT2D eigenvalue weighted by atomic mass is 32.1. The molecule has 0 spiro atoms. The molecule has 0 heterocycles. The Morgan fingerprint density at radius 2 is 1.59 bits per heavy atom. The summed E-state index contributed by atoms with van der Waals surface area (Å²) in [6, 6.07) is 21.3. The molecule has 2 amide bonds. The maximum atomic E-state index is 12.8. The van der Waals surface area contributed by atoms with Crippen LogP contribution in [0, 0.1) is 0 Å². The summed E-state index contributed by atoms with van der Waals surface area (Å²) < 4.78 is 0. The summed E-state index contributed by atoms with van der Waals surface area (Å²) >= 11 is 5.36. The fraction of sp³-hybridized carbons (Fsp3) is 0.269. The van der Waals surface area contributed by atoms with Crippen LogP contribution in [0.5, 0.6) is 0 Å². The number of amides is 2. The molecule has 32 heavy (non-hydrogen) atoms. The first kappa shape index (κ1) is 22.0. The number of carbonyl (C=O) groups excluding carboxylic acids is 2. The highest BCUT2D eigenvalue weighted by Crippen LogP contribution is 2.21. The summed E-state index contributed by atoms with van der Waals surface area (Å²) in [6.45, 7) is 0. The van der Waals surface area contributed by atoms with Crippen molar-refractivity contribution in [1.29, 1.82) is 0 Å². The second-order valence-electron chi connectivity index (χ2n) is 8.17. The van der Waals surface area contributed by atoms with Crippen molar-refractivity contribution in [2.24, 2.45) is 0 Å². The predicted molar refractivity (Wildman–Crippen MR) is 133 cm³/mol. The van der Waals surface area contributed by atoms with Crippen LogP contribution in [0.4, 0.5) is 5.69 Å². The summed E-state index contributed by atoms with van der Waals surface area (Å²) in [5, 5.41) is 11.2. The van der Waals surface area contributed by atoms with E-state index in [9.17, 15) is 9.59 Å². The second-order valence-corrected chi connectivity index (χ2v) is 8.58. The molecule has 1 aliphatic rings. The van der Waals surface area contributed by atoms with Gasteiger partial charge in [0.25, 0.3) is 5.91 Å². The Hall–Kier alpha value is -3.25. The molecule has 3 aromatic rings. The minimum absolute atomic E-state index is 0.120. The van der Waals surface area contributed by atoms with E-state index in [1.807, 2.05) is 54.6 Å². The monoisotopic (exact) mass is 445 g/mol. The van der Waals surface area contributed by atoms with E-state index in [1.165, 1.54) is 6.42 Å². The molecule has 0 aliphatic heterocycles. The van der Waals surface area contributed by atoms with Gasteiger partial charge >= 0.3 is 0 Å². The zero-order chi connectivity index (χ0) is 22.3. The molecule has 1 aliphatic carbocycles. The zero-order valence-corrected chi connectivity index (χ0v) is 18.7. The van der Waals surface area contributed by atoms with Crippen LogP contribution in [0.2, 0.25) is 0 Å². The summed E-state index contributed by atoms with van der Waals surface area (Å²) in [4.78, 5) is 25.4. The number of thiocarbonyl (C=S) groups is 1. The molecular formula is C26H27N3O2S. The van der Waals surface area contributed by atoms with Crippen molar-refractivity contribution in [2.75, 3.05) is 5.32 Å². The van der Waals surface area contributed by atoms with Crippen LogP contribution in [0.15, 0.2) is 66.7 Å². The number of hydrogen-bond donors (Lipinski definition) is 3. The molecule has 0 unspecified atom stereocenters. The van der Waals surface area contributed by atoms with Gasteiger partial charge in [0, 0.05) is 6.04 Å². The molecular weight excluding hydrogens is 418 g/mol. The smallest absolute Gasteiger partial charge is 0.253 e. The number of rotatable bonds is 5. The van der Waals surface area contributed by atoms with E-state index >= 15 is 0 Å². The normalized spacial score (nSPS) is 14.0. The van der Waals surface area contributed by atoms with E-state index in [-0.39, 0.29) is 29.4 Å². The molecule has 1 fully saturated rings. The van der Waals surface area contributed by atoms with Crippen LogP contribution in [0.1, 0.15) is 48.0 Å². The van der Waals surface area contributed by atoms with Crippen LogP contribution < -0.4 is 16.0 Å². The van der Waals surface area contributed by atoms with Crippen molar-refractivity contribution in [3.8, 4) is 0 Å². The highest BCUT2D eigenvalue weighted by molar-refractivity contribution is 7.80. The standard InChI is InChI=1S/C26H27N3O2S/c30-24(17-19-11-8-10-18-9-4-5-14-21(18)19)29-26(32)28-23-16-7-6-15-22(23)25(31)27-20-12-2-1-3-13-20/h4-11,14-16,20H,1-3,12-13,17H2,(H,27,31)(H2,28,29,30,32). The molecule has 0 bridgehead atoms. The lowest BCUT2D eigenvalue weighted by Crippen LogP contribution is -2.38. The van der Waals surface area contributed by atoms with Crippen molar-refractivity contribution < 1.29 is 9.59 Å². The first-order valence-electron chi connectivity index (χ1n) is 11.1. The van der Waals surface area contributed by atoms with E-state index in [2.05, 4.69) is 16.0 Å². The Labute approximate surface area is 193 Å². The number of anilines is 1. The lowest BCUT2D eigenvalue weighted by Gasteiger charge is -2.23. The summed E-state index contributed by atoms with van der Waals surface area (Å²) in [6.07, 6.45) is 5.79. The molecule has 0 saturated heterocycles. The van der Waals surface area contributed by atoms with Crippen LogP contribution in [-0.2, 0) is 11.2 Å². The van der Waals surface area contributed by atoms with Gasteiger partial charge in [-0.1, -0.05) is 73.9 Å². The van der Waals surface area contributed by atoms with Gasteiger partial charge in [-0.2, -0.15) is 0 Å². The van der Waals surface area contributed by atoms with Crippen LogP contribution in [-0.4, -0.2) is 23.0 Å². The van der Waals surface area contributed by atoms with E-state index in [4.69, 9.17) is 12.2 Å². The minimum Gasteiger partial charge on any atom is -0.349 e. The lowest BCUT2D eigenvalue weighted by atomic mass is 9.95. The minimum atomic E-state index is -0.206. The average Bonchev–Trinajstić information content (AvgIpc) is 2.80. The van der Waals surface area contributed by atoms with Crippen LogP contribution in [0.3, 0.4) is 0 Å². The van der Waals surface area contributed by atoms with Gasteiger partial charge in [-0.25, -0.2) is 0 Å². The first-order chi connectivity index (χ1) is 15.6. The average molecular weight is 446 g/mol. The number of carbonyl (C=O) groups is 2. The third kappa shape index (κ3) is 5.51. The largest absolute Gasteiger partial charge is 0.349 e. The molecule has 0 atom stereocenters. The second kappa shape index (κ2) is 10.4. The molecule has 0 aromatic heterocycles. The number of hydrogen-bond acceptors (Lipinski definition) is 3. The maximum absolute atomic E-state index is 12.8. The summed E-state index contributed by atoms with van der Waals surface area (Å²) in [5.74, 6) is -0.326. The summed E-state index contributed by atoms with van der Waals surface area (Å²) in [5.41, 5.74) is 2.04. The molecule has 4 rings (SSSR count). The van der Waals surface area contributed by atoms with E-state index < -0.39 is 0 Å². The SMILES string of the molecule is O=C(Cc1cccc2ccccc12)NC(=S)Nc1ccccc1C(=O)NC1CCCCC1. The predicted octanol–water partition coefficient (Wildman–Crippen LogP) is 4.96. The van der Waals surface area contributed by atoms with Gasteiger partial charge in [-0.15, -0.1) is 0 Å². The van der Waals surface area contributed by atoms with Crippen molar-refractivity contribution >= 4 is 45.6 Å². The fourth-order valence-electron chi connectivity index (χ4n) is 4.24. The first-order valence-corrected chi connectivity index (χ1v) is 11.5. The number of para-hydroxylation sites is 1. The van der Waals surface area contributed by atoms with E-state index in [0.717, 1.165) is 42.0 Å². The molecule has 3 N–H and O–H groups in total. The quantitative estimate of drug-likeness (QED) is 0.486. The Bertz CT molecular complexity index is 1130. The Morgan fingerprint density at radius 1 is 0.875 bits per heavy atom. The highest BCUT2D eigenvalue weighted by Gasteiger charge is 2.19. The fourth-order valence-corrected chi connectivity index (χ4v) is 4.47. The molecule has 164 valence electrons. The van der Waals surface area contributed by atoms with Gasteiger partial charge < -0.3 is 16.0 Å². The van der Waals surface area contributed by atoms with Gasteiger partial charge in [0.2, 0.25) is 5.91 Å². The Balaban J connectivity index is 1.38. The lowest BCUT2D eigenvalue weighted by molar-refractivity contribution is -0.119. The number of fused-ring (bicyclic) bond motifs is 1. The van der Waals surface area contributed by atoms with Crippen molar-refractivity contribution in [3.05, 3.63) is 77.9 Å². The van der Waals surface area contributed by atoms with Gasteiger partial charge in [0.15, 0.2) is 5.11 Å². The van der Waals surface area contributed by atoms with Crippen molar-refractivity contribution in [1.82, 2.24) is 10.6 Å². The molecule has 3 aromatic carbocycles. The van der Waals surface area contributed by atoms with Gasteiger partial charge in [0.05, 0.1) is 17.7 Å². The van der Waals surface area contributed by atoms with Gasteiger partial charge in [-0.3, -0.25) is 9.59 Å².